The number of piperidine rings is 2. The van der Waals surface area contributed by atoms with Gasteiger partial charge in [0, 0.05) is 30.4 Å². The molecule has 146 valence electrons. The molecule has 0 spiro atoms. The van der Waals surface area contributed by atoms with Gasteiger partial charge in [-0.25, -0.2) is 14.8 Å². The maximum atomic E-state index is 12.9. The van der Waals surface area contributed by atoms with Crippen molar-refractivity contribution in [3.63, 3.8) is 0 Å². The zero-order chi connectivity index (χ0) is 19.5. The summed E-state index contributed by atoms with van der Waals surface area (Å²) < 4.78 is 5.58. The largest absolute Gasteiger partial charge is 0.445 e. The second kappa shape index (κ2) is 8.09. The first kappa shape index (κ1) is 18.6. The Morgan fingerprint density at radius 3 is 2.36 bits per heavy atom. The fourth-order valence-electron chi connectivity index (χ4n) is 4.44. The number of benzene rings is 1. The molecule has 1 aromatic carbocycles. The van der Waals surface area contributed by atoms with Crippen LogP contribution in [0.2, 0.25) is 0 Å². The highest BCUT2D eigenvalue weighted by atomic mass is 16.6. The van der Waals surface area contributed by atoms with Crippen molar-refractivity contribution in [1.82, 2.24) is 14.9 Å². The van der Waals surface area contributed by atoms with Gasteiger partial charge in [-0.1, -0.05) is 30.3 Å². The fraction of sp³-hybridized carbons (Fsp3) is 0.455. The summed E-state index contributed by atoms with van der Waals surface area (Å²) >= 11 is 0. The van der Waals surface area contributed by atoms with E-state index >= 15 is 0 Å². The molecule has 2 atom stereocenters. The third kappa shape index (κ3) is 3.91. The van der Waals surface area contributed by atoms with Crippen molar-refractivity contribution in [3.8, 4) is 0 Å². The van der Waals surface area contributed by atoms with E-state index in [4.69, 9.17) is 4.74 Å². The SMILES string of the molecule is Cc1ncc(C(=O)C2CC3CCCC(C2)N3C(=O)OCc2ccccc2)cn1. The van der Waals surface area contributed by atoms with E-state index in [-0.39, 0.29) is 36.5 Å². The molecule has 1 aromatic heterocycles. The number of ether oxygens (including phenoxy) is 1. The molecule has 0 saturated carbocycles. The van der Waals surface area contributed by atoms with Crippen LogP contribution in [0.25, 0.3) is 0 Å². The maximum Gasteiger partial charge on any atom is 0.410 e. The molecule has 1 amide bonds. The molecule has 2 unspecified atom stereocenters. The summed E-state index contributed by atoms with van der Waals surface area (Å²) in [5.41, 5.74) is 1.54. The molecule has 4 rings (SSSR count). The molecule has 3 heterocycles. The van der Waals surface area contributed by atoms with E-state index in [1.165, 1.54) is 0 Å². The molecule has 2 aromatic rings. The number of fused-ring (bicyclic) bond motifs is 2. The van der Waals surface area contributed by atoms with Gasteiger partial charge in [0.2, 0.25) is 0 Å². The van der Waals surface area contributed by atoms with Crippen LogP contribution < -0.4 is 0 Å². The van der Waals surface area contributed by atoms with Crippen molar-refractivity contribution >= 4 is 11.9 Å². The van der Waals surface area contributed by atoms with Crippen LogP contribution in [0.5, 0.6) is 0 Å². The average molecular weight is 379 g/mol. The van der Waals surface area contributed by atoms with Gasteiger partial charge in [-0.15, -0.1) is 0 Å². The van der Waals surface area contributed by atoms with Gasteiger partial charge < -0.3 is 9.64 Å². The lowest BCUT2D eigenvalue weighted by Crippen LogP contribution is -2.55. The highest BCUT2D eigenvalue weighted by Gasteiger charge is 2.43. The number of ketones is 1. The Labute approximate surface area is 164 Å². The highest BCUT2D eigenvalue weighted by molar-refractivity contribution is 5.97. The second-order valence-electron chi connectivity index (χ2n) is 7.74. The molecule has 2 bridgehead atoms. The van der Waals surface area contributed by atoms with Gasteiger partial charge in [0.05, 0.1) is 5.56 Å². The van der Waals surface area contributed by atoms with Crippen LogP contribution >= 0.6 is 0 Å². The lowest BCUT2D eigenvalue weighted by molar-refractivity contribution is 0.00471. The number of carbonyl (C=O) groups is 2. The summed E-state index contributed by atoms with van der Waals surface area (Å²) in [5, 5.41) is 0. The van der Waals surface area contributed by atoms with Gasteiger partial charge in [-0.05, 0) is 44.6 Å². The van der Waals surface area contributed by atoms with Gasteiger partial charge in [-0.2, -0.15) is 0 Å². The molecule has 2 aliphatic rings. The van der Waals surface area contributed by atoms with Crippen LogP contribution in [0.4, 0.5) is 4.79 Å². The minimum Gasteiger partial charge on any atom is -0.445 e. The number of hydrogen-bond donors (Lipinski definition) is 0. The van der Waals surface area contributed by atoms with Crippen molar-refractivity contribution < 1.29 is 14.3 Å². The predicted molar refractivity (Wildman–Crippen MR) is 104 cm³/mol. The lowest BCUT2D eigenvalue weighted by Gasteiger charge is -2.47. The minimum atomic E-state index is -0.261. The Balaban J connectivity index is 1.42. The Morgan fingerprint density at radius 2 is 1.71 bits per heavy atom. The molecule has 0 aliphatic carbocycles. The molecule has 0 radical (unpaired) electrons. The predicted octanol–water partition coefficient (Wildman–Crippen LogP) is 3.94. The van der Waals surface area contributed by atoms with E-state index in [9.17, 15) is 9.59 Å². The number of amides is 1. The standard InChI is InChI=1S/C22H25N3O3/c1-15-23-12-18(13-24-15)21(26)17-10-19-8-5-9-20(11-17)25(19)22(27)28-14-16-6-3-2-4-7-16/h2-4,6-7,12-13,17,19-20H,5,8-11,14H2,1H3. The van der Waals surface area contributed by atoms with Gasteiger partial charge in [-0.3, -0.25) is 4.79 Å². The molecule has 6 heteroatoms. The van der Waals surface area contributed by atoms with Crippen LogP contribution in [0.1, 0.15) is 53.8 Å². The van der Waals surface area contributed by atoms with E-state index < -0.39 is 0 Å². The van der Waals surface area contributed by atoms with Crippen molar-refractivity contribution in [2.24, 2.45) is 5.92 Å². The van der Waals surface area contributed by atoms with Crippen molar-refractivity contribution in [2.45, 2.75) is 57.7 Å². The van der Waals surface area contributed by atoms with Crippen molar-refractivity contribution in [2.75, 3.05) is 0 Å². The van der Waals surface area contributed by atoms with Crippen LogP contribution in [-0.2, 0) is 11.3 Å². The number of aryl methyl sites for hydroxylation is 1. The molecule has 2 aliphatic heterocycles. The second-order valence-corrected chi connectivity index (χ2v) is 7.74. The third-order valence-electron chi connectivity index (χ3n) is 5.83. The van der Waals surface area contributed by atoms with Gasteiger partial charge in [0.25, 0.3) is 0 Å². The summed E-state index contributed by atoms with van der Waals surface area (Å²) in [6.07, 6.45) is 7.26. The minimum absolute atomic E-state index is 0.0658. The van der Waals surface area contributed by atoms with Crippen molar-refractivity contribution in [1.29, 1.82) is 0 Å². The number of rotatable bonds is 4. The highest BCUT2D eigenvalue weighted by Crippen LogP contribution is 2.38. The van der Waals surface area contributed by atoms with Crippen LogP contribution in [-0.4, -0.2) is 38.8 Å². The number of carbonyl (C=O) groups excluding carboxylic acids is 2. The van der Waals surface area contributed by atoms with Crippen LogP contribution in [0.3, 0.4) is 0 Å². The van der Waals surface area contributed by atoms with Gasteiger partial charge >= 0.3 is 6.09 Å². The van der Waals surface area contributed by atoms with E-state index in [0.29, 0.717) is 24.2 Å². The Hall–Kier alpha value is -2.76. The smallest absolute Gasteiger partial charge is 0.410 e. The first-order valence-electron chi connectivity index (χ1n) is 9.93. The lowest BCUT2D eigenvalue weighted by atomic mass is 9.76. The summed E-state index contributed by atoms with van der Waals surface area (Å²) in [5.74, 6) is 0.665. The van der Waals surface area contributed by atoms with E-state index in [0.717, 1.165) is 24.8 Å². The molecular weight excluding hydrogens is 354 g/mol. The first-order chi connectivity index (χ1) is 13.6. The topological polar surface area (TPSA) is 72.4 Å². The number of nitrogens with zero attached hydrogens (tertiary/aromatic N) is 3. The molecular formula is C22H25N3O3. The monoisotopic (exact) mass is 379 g/mol. The third-order valence-corrected chi connectivity index (χ3v) is 5.83. The molecule has 2 fully saturated rings. The average Bonchev–Trinajstić information content (AvgIpc) is 2.72. The van der Waals surface area contributed by atoms with E-state index in [2.05, 4.69) is 9.97 Å². The number of aromatic nitrogens is 2. The maximum absolute atomic E-state index is 12.9. The Bertz CT molecular complexity index is 824. The summed E-state index contributed by atoms with van der Waals surface area (Å²) in [6.45, 7) is 2.08. The van der Waals surface area contributed by atoms with Crippen LogP contribution in [0, 0.1) is 12.8 Å². The Kier molecular flexibility index (Phi) is 5.37. The first-order valence-corrected chi connectivity index (χ1v) is 9.93. The fourth-order valence-corrected chi connectivity index (χ4v) is 4.44. The quantitative estimate of drug-likeness (QED) is 0.753. The molecule has 28 heavy (non-hydrogen) atoms. The van der Waals surface area contributed by atoms with E-state index in [1.54, 1.807) is 19.3 Å². The van der Waals surface area contributed by atoms with Crippen molar-refractivity contribution in [3.05, 3.63) is 59.7 Å². The van der Waals surface area contributed by atoms with E-state index in [1.807, 2.05) is 35.2 Å². The molecule has 6 nitrogen and oxygen atoms in total. The molecule has 0 N–H and O–H groups in total. The van der Waals surface area contributed by atoms with Gasteiger partial charge in [0.1, 0.15) is 12.4 Å². The molecule has 2 saturated heterocycles. The summed E-state index contributed by atoms with van der Waals surface area (Å²) in [4.78, 5) is 35.9. The zero-order valence-electron chi connectivity index (χ0n) is 16.1. The Morgan fingerprint density at radius 1 is 1.07 bits per heavy atom. The van der Waals surface area contributed by atoms with Gasteiger partial charge in [0.15, 0.2) is 5.78 Å². The van der Waals surface area contributed by atoms with Crippen LogP contribution in [0.15, 0.2) is 42.7 Å². The number of hydrogen-bond acceptors (Lipinski definition) is 5. The normalized spacial score (nSPS) is 23.9. The summed E-state index contributed by atoms with van der Waals surface area (Å²) in [7, 11) is 0. The zero-order valence-corrected chi connectivity index (χ0v) is 16.1. The number of Topliss-reactive ketones (excluding diaryl/α,β-unsaturated/α-hetero) is 1. The summed E-state index contributed by atoms with van der Waals surface area (Å²) in [6, 6.07) is 9.84.